The fourth-order valence-electron chi connectivity index (χ4n) is 1.76. The number of H-pyrrole nitrogens is 1. The van der Waals surface area contributed by atoms with Crippen LogP contribution in [0.15, 0.2) is 30.5 Å². The van der Waals surface area contributed by atoms with Gasteiger partial charge in [-0.1, -0.05) is 6.92 Å². The molecule has 0 aliphatic heterocycles. The van der Waals surface area contributed by atoms with Gasteiger partial charge in [-0.2, -0.15) is 13.9 Å². The minimum atomic E-state index is -2.80. The summed E-state index contributed by atoms with van der Waals surface area (Å²) in [5.41, 5.74) is 2.79. The normalized spacial score (nSPS) is 10.9. The van der Waals surface area contributed by atoms with Crippen LogP contribution in [0.25, 0.3) is 11.3 Å². The number of aromatic amines is 1. The summed E-state index contributed by atoms with van der Waals surface area (Å²) < 4.78 is 28.4. The van der Waals surface area contributed by atoms with E-state index in [0.29, 0.717) is 6.54 Å². The maximum atomic E-state index is 12.1. The molecule has 0 fully saturated rings. The molecule has 2 rings (SSSR count). The fraction of sp³-hybridized carbons (Fsp3) is 0.308. The minimum Gasteiger partial charge on any atom is -0.435 e. The number of rotatable bonds is 6. The molecule has 0 saturated carbocycles. The van der Waals surface area contributed by atoms with Gasteiger partial charge in [-0.15, -0.1) is 0 Å². The van der Waals surface area contributed by atoms with Crippen molar-refractivity contribution in [2.24, 2.45) is 0 Å². The highest BCUT2D eigenvalue weighted by molar-refractivity contribution is 5.63. The first-order valence-electron chi connectivity index (χ1n) is 5.99. The molecule has 4 nitrogen and oxygen atoms in total. The molecule has 1 aromatic heterocycles. The van der Waals surface area contributed by atoms with Gasteiger partial charge in [0.1, 0.15) is 5.75 Å². The number of aromatic nitrogens is 2. The molecular formula is C13H15F2N3O. The van der Waals surface area contributed by atoms with E-state index in [1.165, 1.54) is 12.1 Å². The highest BCUT2D eigenvalue weighted by atomic mass is 19.3. The van der Waals surface area contributed by atoms with E-state index in [1.807, 2.05) is 6.92 Å². The van der Waals surface area contributed by atoms with Crippen molar-refractivity contribution in [1.82, 2.24) is 15.5 Å². The summed E-state index contributed by atoms with van der Waals surface area (Å²) in [6.45, 7) is 0.793. The van der Waals surface area contributed by atoms with Crippen LogP contribution in [0, 0.1) is 0 Å². The lowest BCUT2D eigenvalue weighted by atomic mass is 10.1. The Labute approximate surface area is 109 Å². The molecule has 0 saturated heterocycles. The van der Waals surface area contributed by atoms with Crippen molar-refractivity contribution in [2.75, 3.05) is 6.54 Å². The molecule has 0 radical (unpaired) electrons. The van der Waals surface area contributed by atoms with Gasteiger partial charge in [-0.3, -0.25) is 5.10 Å². The number of halogens is 2. The minimum absolute atomic E-state index is 0.145. The molecule has 1 aromatic carbocycles. The summed E-state index contributed by atoms with van der Waals surface area (Å²) in [6.07, 6.45) is 1.75. The fourth-order valence-corrected chi connectivity index (χ4v) is 1.76. The molecule has 0 unspecified atom stereocenters. The van der Waals surface area contributed by atoms with E-state index >= 15 is 0 Å². The number of hydrogen-bond donors (Lipinski definition) is 2. The zero-order valence-corrected chi connectivity index (χ0v) is 10.5. The van der Waals surface area contributed by atoms with E-state index in [0.717, 1.165) is 23.4 Å². The van der Waals surface area contributed by atoms with Crippen molar-refractivity contribution in [3.8, 4) is 17.0 Å². The van der Waals surface area contributed by atoms with Crippen molar-refractivity contribution < 1.29 is 13.5 Å². The van der Waals surface area contributed by atoms with Gasteiger partial charge in [0.2, 0.25) is 0 Å². The lowest BCUT2D eigenvalue weighted by Gasteiger charge is -2.06. The standard InChI is InChI=1S/C13H15F2N3O/c1-2-16-7-10-8-17-18-12(10)9-3-5-11(6-4-9)19-13(14)15/h3-6,8,13,16H,2,7H2,1H3,(H,17,18). The first-order valence-corrected chi connectivity index (χ1v) is 5.99. The second-order valence-corrected chi connectivity index (χ2v) is 3.95. The molecule has 0 bridgehead atoms. The monoisotopic (exact) mass is 267 g/mol. The molecule has 6 heteroatoms. The van der Waals surface area contributed by atoms with E-state index in [9.17, 15) is 8.78 Å². The van der Waals surface area contributed by atoms with Gasteiger partial charge in [0.15, 0.2) is 0 Å². The quantitative estimate of drug-likeness (QED) is 0.846. The zero-order chi connectivity index (χ0) is 13.7. The summed E-state index contributed by atoms with van der Waals surface area (Å²) in [5, 5.41) is 10.1. The summed E-state index contributed by atoms with van der Waals surface area (Å²) >= 11 is 0. The van der Waals surface area contributed by atoms with Gasteiger partial charge >= 0.3 is 6.61 Å². The average Bonchev–Trinajstić information content (AvgIpc) is 2.85. The number of benzene rings is 1. The Bertz CT molecular complexity index is 511. The van der Waals surface area contributed by atoms with Crippen LogP contribution in [-0.4, -0.2) is 23.4 Å². The van der Waals surface area contributed by atoms with Crippen LogP contribution in [0.1, 0.15) is 12.5 Å². The SMILES string of the molecule is CCNCc1cn[nH]c1-c1ccc(OC(F)F)cc1. The van der Waals surface area contributed by atoms with Gasteiger partial charge in [0.05, 0.1) is 11.9 Å². The first kappa shape index (κ1) is 13.5. The van der Waals surface area contributed by atoms with Crippen molar-refractivity contribution in [2.45, 2.75) is 20.1 Å². The number of ether oxygens (including phenoxy) is 1. The topological polar surface area (TPSA) is 49.9 Å². The Morgan fingerprint density at radius 3 is 2.68 bits per heavy atom. The Morgan fingerprint density at radius 1 is 1.32 bits per heavy atom. The third kappa shape index (κ3) is 3.51. The molecule has 0 aliphatic rings. The maximum Gasteiger partial charge on any atom is 0.387 e. The average molecular weight is 267 g/mol. The summed E-state index contributed by atoms with van der Waals surface area (Å²) in [6, 6.07) is 6.47. The van der Waals surface area contributed by atoms with Crippen LogP contribution in [0.2, 0.25) is 0 Å². The second kappa shape index (κ2) is 6.29. The van der Waals surface area contributed by atoms with E-state index in [4.69, 9.17) is 0 Å². The molecule has 0 atom stereocenters. The summed E-state index contributed by atoms with van der Waals surface area (Å²) in [5.74, 6) is 0.145. The Hall–Kier alpha value is -1.95. The zero-order valence-electron chi connectivity index (χ0n) is 10.5. The molecule has 0 amide bonds. The van der Waals surface area contributed by atoms with Gasteiger partial charge in [0.25, 0.3) is 0 Å². The number of nitrogens with zero attached hydrogens (tertiary/aromatic N) is 1. The number of alkyl halides is 2. The van der Waals surface area contributed by atoms with Crippen molar-refractivity contribution >= 4 is 0 Å². The predicted octanol–water partition coefficient (Wildman–Crippen LogP) is 2.79. The van der Waals surface area contributed by atoms with Gasteiger partial charge in [0, 0.05) is 17.7 Å². The number of hydrogen-bond acceptors (Lipinski definition) is 3. The molecule has 0 aliphatic carbocycles. The van der Waals surface area contributed by atoms with Crippen LogP contribution in [0.4, 0.5) is 8.78 Å². The van der Waals surface area contributed by atoms with Gasteiger partial charge in [-0.05, 0) is 30.8 Å². The van der Waals surface area contributed by atoms with E-state index in [-0.39, 0.29) is 5.75 Å². The van der Waals surface area contributed by atoms with E-state index in [1.54, 1.807) is 18.3 Å². The Balaban J connectivity index is 2.15. The summed E-state index contributed by atoms with van der Waals surface area (Å²) in [4.78, 5) is 0. The molecule has 2 aromatic rings. The van der Waals surface area contributed by atoms with Crippen LogP contribution in [0.5, 0.6) is 5.75 Å². The maximum absolute atomic E-state index is 12.1. The van der Waals surface area contributed by atoms with E-state index in [2.05, 4.69) is 20.3 Å². The Morgan fingerprint density at radius 2 is 2.05 bits per heavy atom. The first-order chi connectivity index (χ1) is 9.20. The van der Waals surface area contributed by atoms with Crippen LogP contribution in [-0.2, 0) is 6.54 Å². The molecular weight excluding hydrogens is 252 g/mol. The molecule has 102 valence electrons. The highest BCUT2D eigenvalue weighted by Crippen LogP contribution is 2.24. The van der Waals surface area contributed by atoms with Crippen LogP contribution < -0.4 is 10.1 Å². The lowest BCUT2D eigenvalue weighted by molar-refractivity contribution is -0.0498. The second-order valence-electron chi connectivity index (χ2n) is 3.95. The lowest BCUT2D eigenvalue weighted by Crippen LogP contribution is -2.11. The molecule has 0 spiro atoms. The van der Waals surface area contributed by atoms with Crippen molar-refractivity contribution in [3.63, 3.8) is 0 Å². The number of nitrogens with one attached hydrogen (secondary N) is 2. The van der Waals surface area contributed by atoms with Crippen LogP contribution in [0.3, 0.4) is 0 Å². The summed E-state index contributed by atoms with van der Waals surface area (Å²) in [7, 11) is 0. The van der Waals surface area contributed by atoms with Gasteiger partial charge < -0.3 is 10.1 Å². The van der Waals surface area contributed by atoms with Crippen molar-refractivity contribution in [3.05, 3.63) is 36.0 Å². The largest absolute Gasteiger partial charge is 0.435 e. The Kier molecular flexibility index (Phi) is 4.46. The molecule has 19 heavy (non-hydrogen) atoms. The smallest absolute Gasteiger partial charge is 0.387 e. The van der Waals surface area contributed by atoms with Crippen LogP contribution >= 0.6 is 0 Å². The molecule has 2 N–H and O–H groups in total. The highest BCUT2D eigenvalue weighted by Gasteiger charge is 2.08. The predicted molar refractivity (Wildman–Crippen MR) is 68.0 cm³/mol. The van der Waals surface area contributed by atoms with Gasteiger partial charge in [-0.25, -0.2) is 0 Å². The van der Waals surface area contributed by atoms with E-state index < -0.39 is 6.61 Å². The third-order valence-corrected chi connectivity index (χ3v) is 2.65. The van der Waals surface area contributed by atoms with Crippen molar-refractivity contribution in [1.29, 1.82) is 0 Å². The molecule has 1 heterocycles. The third-order valence-electron chi connectivity index (χ3n) is 2.65.